The molecule has 0 N–H and O–H groups in total. The van der Waals surface area contributed by atoms with Gasteiger partial charge in [0.2, 0.25) is 0 Å². The molecular formula is C20H20N4. The Morgan fingerprint density at radius 1 is 1.08 bits per heavy atom. The molecule has 2 aromatic heterocycles. The van der Waals surface area contributed by atoms with Crippen LogP contribution in [0, 0.1) is 0 Å². The van der Waals surface area contributed by atoms with Crippen molar-refractivity contribution < 1.29 is 0 Å². The van der Waals surface area contributed by atoms with Gasteiger partial charge in [0.15, 0.2) is 5.65 Å². The predicted molar refractivity (Wildman–Crippen MR) is 94.4 cm³/mol. The lowest BCUT2D eigenvalue weighted by Gasteiger charge is -2.34. The van der Waals surface area contributed by atoms with E-state index >= 15 is 0 Å². The standard InChI is InChI=1S/C20H20N4/c1-2-4-15(5-3-1)13-23-18-6-7-19(23)11-16(10-18)17-12-21-20-8-9-22-24(20)14-17/h1-5,8-10,12,14,18-19H,6-7,11,13H2. The number of hydrogen-bond acceptors (Lipinski definition) is 3. The Balaban J connectivity index is 1.43. The van der Waals surface area contributed by atoms with Crippen LogP contribution in [0.2, 0.25) is 0 Å². The van der Waals surface area contributed by atoms with Gasteiger partial charge in [-0.25, -0.2) is 9.50 Å². The quantitative estimate of drug-likeness (QED) is 0.741. The summed E-state index contributed by atoms with van der Waals surface area (Å²) in [5.41, 5.74) is 4.95. The molecule has 24 heavy (non-hydrogen) atoms. The smallest absolute Gasteiger partial charge is 0.154 e. The highest BCUT2D eigenvalue weighted by Gasteiger charge is 2.36. The molecule has 4 nitrogen and oxygen atoms in total. The zero-order valence-corrected chi connectivity index (χ0v) is 13.5. The normalized spacial score (nSPS) is 23.6. The number of rotatable bonds is 3. The number of benzene rings is 1. The van der Waals surface area contributed by atoms with Gasteiger partial charge in [0.05, 0.1) is 6.20 Å². The first-order valence-corrected chi connectivity index (χ1v) is 8.67. The van der Waals surface area contributed by atoms with Gasteiger partial charge in [-0.2, -0.15) is 5.10 Å². The lowest BCUT2D eigenvalue weighted by molar-refractivity contribution is 0.203. The van der Waals surface area contributed by atoms with E-state index in [1.54, 1.807) is 6.20 Å². The number of aromatic nitrogens is 3. The Morgan fingerprint density at radius 3 is 2.88 bits per heavy atom. The largest absolute Gasteiger partial charge is 0.289 e. The minimum absolute atomic E-state index is 0.548. The van der Waals surface area contributed by atoms with Crippen LogP contribution < -0.4 is 0 Å². The van der Waals surface area contributed by atoms with Gasteiger partial charge in [-0.3, -0.25) is 4.90 Å². The van der Waals surface area contributed by atoms with Crippen molar-refractivity contribution in [1.82, 2.24) is 19.5 Å². The third kappa shape index (κ3) is 2.34. The van der Waals surface area contributed by atoms with Crippen molar-refractivity contribution in [1.29, 1.82) is 0 Å². The van der Waals surface area contributed by atoms with Crippen LogP contribution in [0.25, 0.3) is 11.2 Å². The van der Waals surface area contributed by atoms with E-state index in [2.05, 4.69) is 57.6 Å². The Morgan fingerprint density at radius 2 is 2.00 bits per heavy atom. The molecule has 2 bridgehead atoms. The molecule has 0 amide bonds. The molecule has 1 saturated heterocycles. The molecule has 4 heterocycles. The Labute approximate surface area is 141 Å². The van der Waals surface area contributed by atoms with Crippen molar-refractivity contribution in [3.05, 3.63) is 72.2 Å². The molecule has 3 aromatic rings. The van der Waals surface area contributed by atoms with Crippen LogP contribution in [-0.4, -0.2) is 31.6 Å². The van der Waals surface area contributed by atoms with Crippen LogP contribution in [0.4, 0.5) is 0 Å². The topological polar surface area (TPSA) is 33.4 Å². The molecule has 4 heteroatoms. The van der Waals surface area contributed by atoms with Crippen molar-refractivity contribution in [2.75, 3.05) is 0 Å². The van der Waals surface area contributed by atoms with Gasteiger partial charge in [-0.15, -0.1) is 0 Å². The molecule has 120 valence electrons. The lowest BCUT2D eigenvalue weighted by atomic mass is 9.96. The molecular weight excluding hydrogens is 296 g/mol. The average Bonchev–Trinajstić information content (AvgIpc) is 3.16. The van der Waals surface area contributed by atoms with Crippen molar-refractivity contribution in [3.8, 4) is 0 Å². The van der Waals surface area contributed by atoms with Crippen molar-refractivity contribution in [3.63, 3.8) is 0 Å². The number of nitrogens with zero attached hydrogens (tertiary/aromatic N) is 4. The van der Waals surface area contributed by atoms with Crippen LogP contribution in [-0.2, 0) is 6.54 Å². The third-order valence-electron chi connectivity index (χ3n) is 5.37. The number of fused-ring (bicyclic) bond motifs is 3. The van der Waals surface area contributed by atoms with E-state index in [4.69, 9.17) is 0 Å². The molecule has 0 spiro atoms. The van der Waals surface area contributed by atoms with E-state index in [9.17, 15) is 0 Å². The van der Waals surface area contributed by atoms with Crippen molar-refractivity contribution in [2.45, 2.75) is 37.9 Å². The van der Waals surface area contributed by atoms with Gasteiger partial charge in [-0.1, -0.05) is 36.4 Å². The van der Waals surface area contributed by atoms with Gasteiger partial charge in [0.25, 0.3) is 0 Å². The molecule has 5 rings (SSSR count). The Bertz CT molecular complexity index is 896. The minimum atomic E-state index is 0.548. The first-order valence-electron chi connectivity index (χ1n) is 8.67. The minimum Gasteiger partial charge on any atom is -0.289 e. The van der Waals surface area contributed by atoms with Gasteiger partial charge in [-0.05, 0) is 30.4 Å². The SMILES string of the molecule is C1=C(c2cnc3ccnn3c2)CC2CCC1N2Cc1ccccc1. The lowest BCUT2D eigenvalue weighted by Crippen LogP contribution is -2.37. The first-order chi connectivity index (χ1) is 11.9. The average molecular weight is 316 g/mol. The fourth-order valence-corrected chi connectivity index (χ4v) is 4.15. The maximum absolute atomic E-state index is 4.52. The van der Waals surface area contributed by atoms with Crippen LogP contribution in [0.3, 0.4) is 0 Å². The van der Waals surface area contributed by atoms with Crippen LogP contribution in [0.5, 0.6) is 0 Å². The summed E-state index contributed by atoms with van der Waals surface area (Å²) in [5.74, 6) is 0. The summed E-state index contributed by atoms with van der Waals surface area (Å²) in [6.45, 7) is 1.05. The van der Waals surface area contributed by atoms with Gasteiger partial charge < -0.3 is 0 Å². The van der Waals surface area contributed by atoms with Crippen molar-refractivity contribution >= 4 is 11.2 Å². The summed E-state index contributed by atoms with van der Waals surface area (Å²) in [5, 5.41) is 4.32. The summed E-state index contributed by atoms with van der Waals surface area (Å²) in [6, 6.07) is 13.9. The zero-order valence-electron chi connectivity index (χ0n) is 13.5. The molecule has 0 saturated carbocycles. The van der Waals surface area contributed by atoms with E-state index in [1.807, 2.05) is 16.8 Å². The van der Waals surface area contributed by atoms with Gasteiger partial charge in [0.1, 0.15) is 0 Å². The molecule has 2 aliphatic heterocycles. The van der Waals surface area contributed by atoms with Crippen LogP contribution >= 0.6 is 0 Å². The summed E-state index contributed by atoms with van der Waals surface area (Å²) >= 11 is 0. The van der Waals surface area contributed by atoms with E-state index in [-0.39, 0.29) is 0 Å². The second-order valence-corrected chi connectivity index (χ2v) is 6.83. The monoisotopic (exact) mass is 316 g/mol. The highest BCUT2D eigenvalue weighted by Crippen LogP contribution is 2.39. The summed E-state index contributed by atoms with van der Waals surface area (Å²) in [6.07, 6.45) is 12.0. The summed E-state index contributed by atoms with van der Waals surface area (Å²) < 4.78 is 1.87. The maximum atomic E-state index is 4.52. The van der Waals surface area contributed by atoms with E-state index < -0.39 is 0 Å². The highest BCUT2D eigenvalue weighted by atomic mass is 15.2. The maximum Gasteiger partial charge on any atom is 0.154 e. The highest BCUT2D eigenvalue weighted by molar-refractivity contribution is 5.67. The van der Waals surface area contributed by atoms with Crippen molar-refractivity contribution in [2.24, 2.45) is 0 Å². The fraction of sp³-hybridized carbons (Fsp3) is 0.300. The van der Waals surface area contributed by atoms with Crippen LogP contribution in [0.1, 0.15) is 30.4 Å². The summed E-state index contributed by atoms with van der Waals surface area (Å²) in [4.78, 5) is 7.19. The molecule has 1 aromatic carbocycles. The zero-order chi connectivity index (χ0) is 15.9. The fourth-order valence-electron chi connectivity index (χ4n) is 4.15. The molecule has 1 fully saturated rings. The van der Waals surface area contributed by atoms with Gasteiger partial charge in [0, 0.05) is 42.7 Å². The molecule has 2 aliphatic rings. The Kier molecular flexibility index (Phi) is 3.23. The van der Waals surface area contributed by atoms with E-state index in [1.165, 1.54) is 29.5 Å². The van der Waals surface area contributed by atoms with Gasteiger partial charge >= 0.3 is 0 Å². The summed E-state index contributed by atoms with van der Waals surface area (Å²) in [7, 11) is 0. The molecule has 2 atom stereocenters. The van der Waals surface area contributed by atoms with E-state index in [0.29, 0.717) is 12.1 Å². The second-order valence-electron chi connectivity index (χ2n) is 6.83. The molecule has 0 radical (unpaired) electrons. The van der Waals surface area contributed by atoms with E-state index in [0.717, 1.165) is 18.6 Å². The van der Waals surface area contributed by atoms with Crippen LogP contribution in [0.15, 0.2) is 61.1 Å². The first kappa shape index (κ1) is 13.9. The molecule has 2 unspecified atom stereocenters. The predicted octanol–water partition coefficient (Wildman–Crippen LogP) is 3.55. The molecule has 0 aliphatic carbocycles. The third-order valence-corrected chi connectivity index (χ3v) is 5.37. The number of hydrogen-bond donors (Lipinski definition) is 0. The second kappa shape index (κ2) is 5.56. The Hall–Kier alpha value is -2.46.